The summed E-state index contributed by atoms with van der Waals surface area (Å²) in [5, 5.41) is 9.14. The van der Waals surface area contributed by atoms with E-state index in [1.807, 2.05) is 45.0 Å². The lowest BCUT2D eigenvalue weighted by molar-refractivity contribution is -0.142. The third-order valence-electron chi connectivity index (χ3n) is 3.91. The molecule has 1 heterocycles. The van der Waals surface area contributed by atoms with Gasteiger partial charge in [-0.2, -0.15) is 0 Å². The Morgan fingerprint density at radius 3 is 2.68 bits per heavy atom. The lowest BCUT2D eigenvalue weighted by Gasteiger charge is -2.16. The molecule has 0 aliphatic carbocycles. The Kier molecular flexibility index (Phi) is 5.06. The third kappa shape index (κ3) is 4.00. The molecule has 0 radical (unpaired) electrons. The Morgan fingerprint density at radius 2 is 2.09 bits per heavy atom. The van der Waals surface area contributed by atoms with Crippen molar-refractivity contribution in [2.75, 3.05) is 13.1 Å². The average molecular weight is 305 g/mol. The lowest BCUT2D eigenvalue weighted by Crippen LogP contribution is -2.31. The van der Waals surface area contributed by atoms with E-state index in [0.29, 0.717) is 13.1 Å². The first-order chi connectivity index (χ1) is 10.4. The van der Waals surface area contributed by atoms with E-state index in [-0.39, 0.29) is 24.3 Å². The molecule has 1 aliphatic rings. The Hall–Kier alpha value is -2.04. The topological polar surface area (TPSA) is 66.8 Å². The van der Waals surface area contributed by atoms with Crippen molar-refractivity contribution in [3.8, 4) is 5.75 Å². The zero-order valence-corrected chi connectivity index (χ0v) is 13.3. The van der Waals surface area contributed by atoms with Gasteiger partial charge in [0, 0.05) is 13.1 Å². The number of hydrogen-bond donors (Lipinski definition) is 1. The Balaban J connectivity index is 1.99. The summed E-state index contributed by atoms with van der Waals surface area (Å²) in [5.41, 5.74) is 0.884. The summed E-state index contributed by atoms with van der Waals surface area (Å²) in [5.74, 6) is -0.567. The Bertz CT molecular complexity index is 555. The fraction of sp³-hybridized carbons (Fsp3) is 0.529. The van der Waals surface area contributed by atoms with E-state index in [1.54, 1.807) is 4.90 Å². The molecule has 1 N–H and O–H groups in total. The molecule has 1 aromatic carbocycles. The lowest BCUT2D eigenvalue weighted by atomic mass is 9.99. The van der Waals surface area contributed by atoms with Gasteiger partial charge in [-0.1, -0.05) is 19.1 Å². The number of carbonyl (C=O) groups excluding carboxylic acids is 1. The van der Waals surface area contributed by atoms with E-state index in [9.17, 15) is 9.59 Å². The summed E-state index contributed by atoms with van der Waals surface area (Å²) >= 11 is 0. The van der Waals surface area contributed by atoms with Gasteiger partial charge in [0.15, 0.2) is 0 Å². The molecular formula is C17H23NO4. The van der Waals surface area contributed by atoms with Gasteiger partial charge in [-0.3, -0.25) is 9.59 Å². The number of aliphatic carboxylic acids is 1. The van der Waals surface area contributed by atoms with Crippen molar-refractivity contribution in [2.45, 2.75) is 33.3 Å². The number of hydrogen-bond acceptors (Lipinski definition) is 3. The standard InChI is InChI=1S/C17H23NO4/c1-11(2)22-14-6-4-5-13(7-14)8-16(19)18-9-12(3)15(10-18)17(20)21/h4-7,11-12,15H,8-10H2,1-3H3,(H,20,21)/t12-,15-/m1/s1. The number of benzene rings is 1. The average Bonchev–Trinajstić information content (AvgIpc) is 2.80. The van der Waals surface area contributed by atoms with Gasteiger partial charge in [0.2, 0.25) is 5.91 Å². The van der Waals surface area contributed by atoms with Gasteiger partial charge in [0.05, 0.1) is 18.4 Å². The van der Waals surface area contributed by atoms with Crippen LogP contribution in [0, 0.1) is 11.8 Å². The summed E-state index contributed by atoms with van der Waals surface area (Å²) in [4.78, 5) is 25.1. The monoisotopic (exact) mass is 305 g/mol. The van der Waals surface area contributed by atoms with Crippen LogP contribution < -0.4 is 4.74 Å². The molecular weight excluding hydrogens is 282 g/mol. The van der Waals surface area contributed by atoms with Crippen molar-refractivity contribution >= 4 is 11.9 Å². The first kappa shape index (κ1) is 16.3. The van der Waals surface area contributed by atoms with E-state index in [1.165, 1.54) is 0 Å². The van der Waals surface area contributed by atoms with Crippen LogP contribution in [-0.4, -0.2) is 41.1 Å². The quantitative estimate of drug-likeness (QED) is 0.905. The maximum atomic E-state index is 12.4. The molecule has 1 fully saturated rings. The number of carboxylic acid groups (broad SMARTS) is 1. The van der Waals surface area contributed by atoms with Gasteiger partial charge >= 0.3 is 5.97 Å². The molecule has 5 heteroatoms. The second-order valence-corrected chi connectivity index (χ2v) is 6.21. The van der Waals surface area contributed by atoms with E-state index in [4.69, 9.17) is 9.84 Å². The highest BCUT2D eigenvalue weighted by Gasteiger charge is 2.36. The van der Waals surface area contributed by atoms with Gasteiger partial charge < -0.3 is 14.7 Å². The molecule has 1 amide bonds. The largest absolute Gasteiger partial charge is 0.491 e. The first-order valence-electron chi connectivity index (χ1n) is 7.63. The van der Waals surface area contributed by atoms with Gasteiger partial charge in [0.25, 0.3) is 0 Å². The van der Waals surface area contributed by atoms with Crippen LogP contribution in [0.25, 0.3) is 0 Å². The molecule has 0 spiro atoms. The number of likely N-dealkylation sites (tertiary alicyclic amines) is 1. The van der Waals surface area contributed by atoms with Gasteiger partial charge in [-0.25, -0.2) is 0 Å². The maximum Gasteiger partial charge on any atom is 0.308 e. The van der Waals surface area contributed by atoms with Gasteiger partial charge in [-0.15, -0.1) is 0 Å². The third-order valence-corrected chi connectivity index (χ3v) is 3.91. The molecule has 0 aromatic heterocycles. The fourth-order valence-electron chi connectivity index (χ4n) is 2.78. The molecule has 0 unspecified atom stereocenters. The number of amides is 1. The number of carbonyl (C=O) groups is 2. The summed E-state index contributed by atoms with van der Waals surface area (Å²) in [6.45, 7) is 6.60. The van der Waals surface area contributed by atoms with Gasteiger partial charge in [0.1, 0.15) is 5.75 Å². The van der Waals surface area contributed by atoms with Crippen molar-refractivity contribution in [1.82, 2.24) is 4.90 Å². The molecule has 22 heavy (non-hydrogen) atoms. The molecule has 120 valence electrons. The van der Waals surface area contributed by atoms with Crippen molar-refractivity contribution in [3.05, 3.63) is 29.8 Å². The van der Waals surface area contributed by atoms with E-state index in [2.05, 4.69) is 0 Å². The highest BCUT2D eigenvalue weighted by molar-refractivity contribution is 5.81. The van der Waals surface area contributed by atoms with Crippen LogP contribution >= 0.6 is 0 Å². The van der Waals surface area contributed by atoms with Crippen LogP contribution in [0.3, 0.4) is 0 Å². The minimum Gasteiger partial charge on any atom is -0.491 e. The Labute approximate surface area is 130 Å². The van der Waals surface area contributed by atoms with Crippen molar-refractivity contribution in [3.63, 3.8) is 0 Å². The summed E-state index contributed by atoms with van der Waals surface area (Å²) < 4.78 is 5.62. The Morgan fingerprint density at radius 1 is 1.36 bits per heavy atom. The minimum absolute atomic E-state index is 0.00272. The van der Waals surface area contributed by atoms with Crippen molar-refractivity contribution in [1.29, 1.82) is 0 Å². The molecule has 0 bridgehead atoms. The molecule has 2 atom stereocenters. The highest BCUT2D eigenvalue weighted by Crippen LogP contribution is 2.24. The predicted octanol–water partition coefficient (Wildman–Crippen LogP) is 2.20. The minimum atomic E-state index is -0.824. The first-order valence-corrected chi connectivity index (χ1v) is 7.63. The zero-order chi connectivity index (χ0) is 16.3. The highest BCUT2D eigenvalue weighted by atomic mass is 16.5. The van der Waals surface area contributed by atoms with Crippen LogP contribution in [-0.2, 0) is 16.0 Å². The van der Waals surface area contributed by atoms with E-state index >= 15 is 0 Å². The van der Waals surface area contributed by atoms with Gasteiger partial charge in [-0.05, 0) is 37.5 Å². The predicted molar refractivity (Wildman–Crippen MR) is 82.8 cm³/mol. The summed E-state index contributed by atoms with van der Waals surface area (Å²) in [6.07, 6.45) is 0.357. The number of carboxylic acids is 1. The molecule has 1 saturated heterocycles. The zero-order valence-electron chi connectivity index (χ0n) is 13.3. The van der Waals surface area contributed by atoms with Crippen molar-refractivity contribution < 1.29 is 19.4 Å². The van der Waals surface area contributed by atoms with Crippen molar-refractivity contribution in [2.24, 2.45) is 11.8 Å². The SMILES string of the molecule is CC(C)Oc1cccc(CC(=O)N2C[C@@H](C)[C@H](C(=O)O)C2)c1. The van der Waals surface area contributed by atoms with Crippen LogP contribution in [0.1, 0.15) is 26.3 Å². The molecule has 0 saturated carbocycles. The maximum absolute atomic E-state index is 12.4. The molecule has 1 aliphatic heterocycles. The summed E-state index contributed by atoms with van der Waals surface area (Å²) in [7, 11) is 0. The molecule has 1 aromatic rings. The second kappa shape index (κ2) is 6.81. The second-order valence-electron chi connectivity index (χ2n) is 6.21. The number of nitrogens with zero attached hydrogens (tertiary/aromatic N) is 1. The smallest absolute Gasteiger partial charge is 0.308 e. The van der Waals surface area contributed by atoms with Crippen LogP contribution in [0.5, 0.6) is 5.75 Å². The molecule has 5 nitrogen and oxygen atoms in total. The van der Waals surface area contributed by atoms with Crippen LogP contribution in [0.2, 0.25) is 0 Å². The number of ether oxygens (including phenoxy) is 1. The van der Waals surface area contributed by atoms with E-state index in [0.717, 1.165) is 11.3 Å². The summed E-state index contributed by atoms with van der Waals surface area (Å²) in [6, 6.07) is 7.49. The van der Waals surface area contributed by atoms with E-state index < -0.39 is 11.9 Å². The van der Waals surface area contributed by atoms with Crippen LogP contribution in [0.4, 0.5) is 0 Å². The molecule has 2 rings (SSSR count). The van der Waals surface area contributed by atoms with Crippen LogP contribution in [0.15, 0.2) is 24.3 Å². The fourth-order valence-corrected chi connectivity index (χ4v) is 2.78. The normalized spacial score (nSPS) is 21.2. The number of rotatable bonds is 5.